The number of benzene rings is 1. The highest BCUT2D eigenvalue weighted by atomic mass is 16.5. The fourth-order valence-corrected chi connectivity index (χ4v) is 1.29. The van der Waals surface area contributed by atoms with E-state index in [0.717, 1.165) is 17.4 Å². The Balaban J connectivity index is 2.78. The van der Waals surface area contributed by atoms with Crippen LogP contribution in [0.1, 0.15) is 28.4 Å². The molecule has 0 unspecified atom stereocenters. The van der Waals surface area contributed by atoms with Gasteiger partial charge in [-0.25, -0.2) is 4.79 Å². The zero-order valence-electron chi connectivity index (χ0n) is 9.40. The SMILES string of the molecule is CCOC(=O)/C=C/c1ccc(C=O)c(C)c1. The number of ether oxygens (including phenoxy) is 1. The molecule has 0 aliphatic carbocycles. The third-order valence-electron chi connectivity index (χ3n) is 2.12. The predicted molar refractivity (Wildman–Crippen MR) is 62.2 cm³/mol. The van der Waals surface area contributed by atoms with Crippen LogP contribution in [0.5, 0.6) is 0 Å². The van der Waals surface area contributed by atoms with E-state index in [4.69, 9.17) is 4.74 Å². The first kappa shape index (κ1) is 12.2. The molecule has 0 radical (unpaired) electrons. The quantitative estimate of drug-likeness (QED) is 0.442. The Hall–Kier alpha value is -1.90. The van der Waals surface area contributed by atoms with Gasteiger partial charge in [0.05, 0.1) is 6.61 Å². The van der Waals surface area contributed by atoms with Gasteiger partial charge in [-0.15, -0.1) is 0 Å². The molecular formula is C13H14O3. The number of aryl methyl sites for hydroxylation is 1. The molecule has 3 heteroatoms. The molecule has 1 aromatic rings. The number of hydrogen-bond donors (Lipinski definition) is 0. The lowest BCUT2D eigenvalue weighted by molar-refractivity contribution is -0.137. The van der Waals surface area contributed by atoms with Gasteiger partial charge in [0.2, 0.25) is 0 Å². The molecule has 0 saturated carbocycles. The van der Waals surface area contributed by atoms with Crippen LogP contribution in [-0.2, 0) is 9.53 Å². The van der Waals surface area contributed by atoms with Gasteiger partial charge in [-0.3, -0.25) is 4.79 Å². The van der Waals surface area contributed by atoms with Crippen LogP contribution in [0.2, 0.25) is 0 Å². The summed E-state index contributed by atoms with van der Waals surface area (Å²) in [6.07, 6.45) is 3.85. The molecule has 0 fully saturated rings. The number of rotatable bonds is 4. The first-order valence-electron chi connectivity index (χ1n) is 5.08. The number of carbonyl (C=O) groups excluding carboxylic acids is 2. The summed E-state index contributed by atoms with van der Waals surface area (Å²) in [5.41, 5.74) is 2.42. The molecule has 1 rings (SSSR count). The van der Waals surface area contributed by atoms with E-state index >= 15 is 0 Å². The Morgan fingerprint density at radius 2 is 2.19 bits per heavy atom. The van der Waals surface area contributed by atoms with Crippen molar-refractivity contribution in [3.63, 3.8) is 0 Å². The standard InChI is InChI=1S/C13H14O3/c1-3-16-13(15)7-5-11-4-6-12(9-14)10(2)8-11/h4-9H,3H2,1-2H3/b7-5+. The van der Waals surface area contributed by atoms with Gasteiger partial charge in [0.25, 0.3) is 0 Å². The van der Waals surface area contributed by atoms with Gasteiger partial charge in [-0.1, -0.05) is 18.2 Å². The summed E-state index contributed by atoms with van der Waals surface area (Å²) in [5, 5.41) is 0. The second kappa shape index (κ2) is 5.85. The lowest BCUT2D eigenvalue weighted by Crippen LogP contribution is -1.98. The molecule has 84 valence electrons. The molecule has 0 aromatic heterocycles. The minimum atomic E-state index is -0.361. The summed E-state index contributed by atoms with van der Waals surface area (Å²) in [6.45, 7) is 3.98. The molecule has 0 bridgehead atoms. The van der Waals surface area contributed by atoms with E-state index in [1.807, 2.05) is 13.0 Å². The maximum atomic E-state index is 11.1. The van der Waals surface area contributed by atoms with Crippen molar-refractivity contribution in [2.75, 3.05) is 6.61 Å². The molecule has 0 atom stereocenters. The smallest absolute Gasteiger partial charge is 0.330 e. The third-order valence-corrected chi connectivity index (χ3v) is 2.12. The van der Waals surface area contributed by atoms with E-state index in [0.29, 0.717) is 12.2 Å². The van der Waals surface area contributed by atoms with Gasteiger partial charge < -0.3 is 4.74 Å². The largest absolute Gasteiger partial charge is 0.463 e. The van der Waals surface area contributed by atoms with E-state index in [1.54, 1.807) is 25.1 Å². The van der Waals surface area contributed by atoms with Crippen molar-refractivity contribution in [1.82, 2.24) is 0 Å². The molecular weight excluding hydrogens is 204 g/mol. The molecule has 0 aliphatic heterocycles. The summed E-state index contributed by atoms with van der Waals surface area (Å²) in [6, 6.07) is 5.36. The first-order chi connectivity index (χ1) is 7.67. The normalized spacial score (nSPS) is 10.4. The molecule has 0 saturated heterocycles. The van der Waals surface area contributed by atoms with Gasteiger partial charge in [0, 0.05) is 11.6 Å². The van der Waals surface area contributed by atoms with Crippen LogP contribution in [0, 0.1) is 6.92 Å². The summed E-state index contributed by atoms with van der Waals surface area (Å²) in [7, 11) is 0. The summed E-state index contributed by atoms with van der Waals surface area (Å²) in [4.78, 5) is 21.7. The van der Waals surface area contributed by atoms with E-state index < -0.39 is 0 Å². The van der Waals surface area contributed by atoms with E-state index in [9.17, 15) is 9.59 Å². The Kier molecular flexibility index (Phi) is 4.45. The Morgan fingerprint density at radius 3 is 2.75 bits per heavy atom. The van der Waals surface area contributed by atoms with Crippen molar-refractivity contribution in [2.45, 2.75) is 13.8 Å². The van der Waals surface area contributed by atoms with Crippen LogP contribution in [0.15, 0.2) is 24.3 Å². The van der Waals surface area contributed by atoms with Crippen LogP contribution >= 0.6 is 0 Å². The average molecular weight is 218 g/mol. The zero-order chi connectivity index (χ0) is 12.0. The van der Waals surface area contributed by atoms with E-state index in [-0.39, 0.29) is 5.97 Å². The van der Waals surface area contributed by atoms with Crippen molar-refractivity contribution in [3.8, 4) is 0 Å². The minimum absolute atomic E-state index is 0.361. The van der Waals surface area contributed by atoms with E-state index in [2.05, 4.69) is 0 Å². The second-order valence-corrected chi connectivity index (χ2v) is 3.32. The van der Waals surface area contributed by atoms with E-state index in [1.165, 1.54) is 6.08 Å². The van der Waals surface area contributed by atoms with Crippen LogP contribution in [-0.4, -0.2) is 18.9 Å². The number of hydrogen-bond acceptors (Lipinski definition) is 3. The third kappa shape index (κ3) is 3.35. The molecule has 3 nitrogen and oxygen atoms in total. The summed E-state index contributed by atoms with van der Waals surface area (Å²) in [5.74, 6) is -0.361. The van der Waals surface area contributed by atoms with Gasteiger partial charge in [0.1, 0.15) is 6.29 Å². The maximum absolute atomic E-state index is 11.1. The summed E-state index contributed by atoms with van der Waals surface area (Å²) >= 11 is 0. The number of aldehydes is 1. The molecule has 0 amide bonds. The Bertz CT molecular complexity index is 419. The average Bonchev–Trinajstić information content (AvgIpc) is 2.27. The van der Waals surface area contributed by atoms with Crippen LogP contribution in [0.3, 0.4) is 0 Å². The van der Waals surface area contributed by atoms with Gasteiger partial charge >= 0.3 is 5.97 Å². The maximum Gasteiger partial charge on any atom is 0.330 e. The van der Waals surface area contributed by atoms with Crippen molar-refractivity contribution in [1.29, 1.82) is 0 Å². The van der Waals surface area contributed by atoms with Crippen LogP contribution < -0.4 is 0 Å². The fourth-order valence-electron chi connectivity index (χ4n) is 1.29. The fraction of sp³-hybridized carbons (Fsp3) is 0.231. The Morgan fingerprint density at radius 1 is 1.44 bits per heavy atom. The van der Waals surface area contributed by atoms with Gasteiger partial charge in [0.15, 0.2) is 0 Å². The lowest BCUT2D eigenvalue weighted by atomic mass is 10.1. The second-order valence-electron chi connectivity index (χ2n) is 3.32. The molecule has 16 heavy (non-hydrogen) atoms. The van der Waals surface area contributed by atoms with Crippen molar-refractivity contribution in [2.24, 2.45) is 0 Å². The monoisotopic (exact) mass is 218 g/mol. The predicted octanol–water partition coefficient (Wildman–Crippen LogP) is 2.38. The highest BCUT2D eigenvalue weighted by Crippen LogP contribution is 2.10. The molecule has 0 spiro atoms. The Labute approximate surface area is 94.7 Å². The number of esters is 1. The topological polar surface area (TPSA) is 43.4 Å². The number of carbonyl (C=O) groups is 2. The molecule has 0 heterocycles. The molecule has 0 N–H and O–H groups in total. The van der Waals surface area contributed by atoms with Crippen molar-refractivity contribution >= 4 is 18.3 Å². The van der Waals surface area contributed by atoms with Crippen molar-refractivity contribution in [3.05, 3.63) is 41.0 Å². The first-order valence-corrected chi connectivity index (χ1v) is 5.08. The van der Waals surface area contributed by atoms with Crippen LogP contribution in [0.4, 0.5) is 0 Å². The van der Waals surface area contributed by atoms with Gasteiger partial charge in [-0.2, -0.15) is 0 Å². The van der Waals surface area contributed by atoms with Gasteiger partial charge in [-0.05, 0) is 31.1 Å². The zero-order valence-corrected chi connectivity index (χ0v) is 9.40. The molecule has 1 aromatic carbocycles. The summed E-state index contributed by atoms with van der Waals surface area (Å²) < 4.78 is 4.76. The molecule has 0 aliphatic rings. The van der Waals surface area contributed by atoms with Crippen molar-refractivity contribution < 1.29 is 14.3 Å². The van der Waals surface area contributed by atoms with Crippen LogP contribution in [0.25, 0.3) is 6.08 Å². The lowest BCUT2D eigenvalue weighted by Gasteiger charge is -2.00. The highest BCUT2D eigenvalue weighted by Gasteiger charge is 1.98. The minimum Gasteiger partial charge on any atom is -0.463 e. The highest BCUT2D eigenvalue weighted by molar-refractivity contribution is 5.87.